The molecule has 0 fully saturated rings. The highest BCUT2D eigenvalue weighted by atomic mass is 35.5. The summed E-state index contributed by atoms with van der Waals surface area (Å²) in [6.45, 7) is 3.76. The van der Waals surface area contributed by atoms with Crippen LogP contribution in [0, 0.1) is 0 Å². The van der Waals surface area contributed by atoms with Crippen LogP contribution in [0.15, 0.2) is 35.8 Å². The van der Waals surface area contributed by atoms with Gasteiger partial charge in [0.1, 0.15) is 0 Å². The molecule has 0 aliphatic carbocycles. The van der Waals surface area contributed by atoms with Gasteiger partial charge in [-0.05, 0) is 12.1 Å². The van der Waals surface area contributed by atoms with Crippen LogP contribution in [0.3, 0.4) is 0 Å². The highest BCUT2D eigenvalue weighted by molar-refractivity contribution is 6.30. The minimum absolute atomic E-state index is 0.222. The van der Waals surface area contributed by atoms with Crippen LogP contribution in [0.5, 0.6) is 0 Å². The van der Waals surface area contributed by atoms with E-state index >= 15 is 0 Å². The Labute approximate surface area is 92.8 Å². The molecule has 6 heteroatoms. The van der Waals surface area contributed by atoms with Crippen LogP contribution >= 0.6 is 11.6 Å². The number of guanidine groups is 1. The number of nitrogens with two attached hydrogens (primary N) is 2. The van der Waals surface area contributed by atoms with Gasteiger partial charge < -0.3 is 0 Å². The first-order valence-corrected chi connectivity index (χ1v) is 4.52. The van der Waals surface area contributed by atoms with Crippen LogP contribution < -0.4 is 22.5 Å². The lowest BCUT2D eigenvalue weighted by Crippen LogP contribution is -2.44. The molecule has 6 N–H and O–H groups in total. The molecule has 0 bridgehead atoms. The smallest absolute Gasteiger partial charge is 0.225 e. The molecule has 0 radical (unpaired) electrons. The van der Waals surface area contributed by atoms with E-state index in [1.807, 2.05) is 12.1 Å². The van der Waals surface area contributed by atoms with Crippen molar-refractivity contribution in [2.75, 3.05) is 0 Å². The Bertz CT molecular complexity index is 382. The van der Waals surface area contributed by atoms with Crippen molar-refractivity contribution >= 4 is 23.3 Å². The molecule has 0 unspecified atom stereocenters. The molecule has 0 aliphatic heterocycles. The van der Waals surface area contributed by atoms with E-state index in [-0.39, 0.29) is 5.96 Å². The van der Waals surface area contributed by atoms with Gasteiger partial charge in [-0.25, -0.2) is 16.7 Å². The van der Waals surface area contributed by atoms with Gasteiger partial charge in [0.15, 0.2) is 0 Å². The molecular weight excluding hydrogens is 214 g/mol. The maximum Gasteiger partial charge on any atom is 0.225 e. The number of halogens is 1. The summed E-state index contributed by atoms with van der Waals surface area (Å²) in [7, 11) is 0. The van der Waals surface area contributed by atoms with Crippen molar-refractivity contribution < 1.29 is 0 Å². The number of benzene rings is 1. The van der Waals surface area contributed by atoms with E-state index in [0.717, 1.165) is 5.56 Å². The van der Waals surface area contributed by atoms with Crippen molar-refractivity contribution in [2.45, 2.75) is 0 Å². The molecule has 0 aromatic heterocycles. The highest BCUT2D eigenvalue weighted by Gasteiger charge is 1.99. The number of hydrazine groups is 2. The molecule has 1 rings (SSSR count). The molecule has 0 saturated heterocycles. The SMILES string of the molecule is C=C(N=C(NN)NN)c1cccc(Cl)c1. The van der Waals surface area contributed by atoms with Crippen molar-refractivity contribution in [3.63, 3.8) is 0 Å². The standard InChI is InChI=1S/C9H12ClN5/c1-6(13-9(14-11)15-12)7-3-2-4-8(10)5-7/h2-5H,1,11-12H2,(H2,13,14,15). The number of nitrogens with zero attached hydrogens (tertiary/aromatic N) is 1. The maximum atomic E-state index is 5.82. The fourth-order valence-electron chi connectivity index (χ4n) is 0.974. The average Bonchev–Trinajstić information content (AvgIpc) is 2.25. The molecule has 5 nitrogen and oxygen atoms in total. The van der Waals surface area contributed by atoms with E-state index in [1.165, 1.54) is 0 Å². The average molecular weight is 226 g/mol. The molecule has 0 aliphatic rings. The molecule has 15 heavy (non-hydrogen) atoms. The zero-order chi connectivity index (χ0) is 11.3. The Balaban J connectivity index is 2.90. The van der Waals surface area contributed by atoms with Gasteiger partial charge in [0.2, 0.25) is 5.96 Å². The Morgan fingerprint density at radius 3 is 2.53 bits per heavy atom. The summed E-state index contributed by atoms with van der Waals surface area (Å²) in [4.78, 5) is 4.02. The Hall–Kier alpha value is -1.56. The molecule has 0 spiro atoms. The largest absolute Gasteiger partial charge is 0.293 e. The predicted octanol–water partition coefficient (Wildman–Crippen LogP) is 0.593. The first-order chi connectivity index (χ1) is 7.17. The quantitative estimate of drug-likeness (QED) is 0.257. The van der Waals surface area contributed by atoms with E-state index in [4.69, 9.17) is 23.3 Å². The molecule has 0 saturated carbocycles. The van der Waals surface area contributed by atoms with Gasteiger partial charge in [-0.2, -0.15) is 0 Å². The van der Waals surface area contributed by atoms with Crippen molar-refractivity contribution in [3.8, 4) is 0 Å². The number of hydrogen-bond acceptors (Lipinski definition) is 3. The third kappa shape index (κ3) is 3.25. The predicted molar refractivity (Wildman–Crippen MR) is 62.6 cm³/mol. The van der Waals surface area contributed by atoms with Crippen molar-refractivity contribution in [3.05, 3.63) is 41.4 Å². The molecule has 1 aromatic carbocycles. The maximum absolute atomic E-state index is 5.82. The minimum Gasteiger partial charge on any atom is -0.293 e. The molecule has 80 valence electrons. The third-order valence-electron chi connectivity index (χ3n) is 1.68. The third-order valence-corrected chi connectivity index (χ3v) is 1.91. The Morgan fingerprint density at radius 2 is 2.00 bits per heavy atom. The number of rotatable bonds is 2. The lowest BCUT2D eigenvalue weighted by atomic mass is 10.2. The lowest BCUT2D eigenvalue weighted by molar-refractivity contribution is 0.898. The second kappa shape index (κ2) is 5.35. The summed E-state index contributed by atoms with van der Waals surface area (Å²) in [5, 5.41) is 0.617. The highest BCUT2D eigenvalue weighted by Crippen LogP contribution is 2.17. The minimum atomic E-state index is 0.222. The fraction of sp³-hybridized carbons (Fsp3) is 0. The van der Waals surface area contributed by atoms with Crippen molar-refractivity contribution in [1.82, 2.24) is 10.9 Å². The Morgan fingerprint density at radius 1 is 1.33 bits per heavy atom. The summed E-state index contributed by atoms with van der Waals surface area (Å²) in [5.74, 6) is 10.5. The number of hydrogen-bond donors (Lipinski definition) is 4. The summed E-state index contributed by atoms with van der Waals surface area (Å²) < 4.78 is 0. The molecule has 0 amide bonds. The van der Waals surface area contributed by atoms with Gasteiger partial charge in [0, 0.05) is 10.6 Å². The lowest BCUT2D eigenvalue weighted by Gasteiger charge is -2.05. The van der Waals surface area contributed by atoms with E-state index in [0.29, 0.717) is 10.7 Å². The van der Waals surface area contributed by atoms with Gasteiger partial charge in [-0.1, -0.05) is 30.3 Å². The fourth-order valence-corrected chi connectivity index (χ4v) is 1.16. The van der Waals surface area contributed by atoms with Gasteiger partial charge in [0.05, 0.1) is 5.70 Å². The monoisotopic (exact) mass is 225 g/mol. The molecule has 0 heterocycles. The van der Waals surface area contributed by atoms with E-state index in [9.17, 15) is 0 Å². The molecule has 1 aromatic rings. The van der Waals surface area contributed by atoms with Gasteiger partial charge in [-0.3, -0.25) is 10.9 Å². The van der Waals surface area contributed by atoms with Crippen LogP contribution in [-0.4, -0.2) is 5.96 Å². The van der Waals surface area contributed by atoms with Crippen LogP contribution in [0.1, 0.15) is 5.56 Å². The summed E-state index contributed by atoms with van der Waals surface area (Å²) in [6, 6.07) is 7.16. The summed E-state index contributed by atoms with van der Waals surface area (Å²) in [5.41, 5.74) is 5.87. The van der Waals surface area contributed by atoms with Gasteiger partial charge >= 0.3 is 0 Å². The van der Waals surface area contributed by atoms with Crippen LogP contribution in [0.4, 0.5) is 0 Å². The first-order valence-electron chi connectivity index (χ1n) is 4.14. The second-order valence-corrected chi connectivity index (χ2v) is 3.14. The number of nitrogens with one attached hydrogen (secondary N) is 2. The first kappa shape index (κ1) is 11.5. The zero-order valence-electron chi connectivity index (χ0n) is 8.00. The van der Waals surface area contributed by atoms with Crippen molar-refractivity contribution in [2.24, 2.45) is 16.7 Å². The number of aliphatic imine (C=N–C) groups is 1. The summed E-state index contributed by atoms with van der Waals surface area (Å²) >= 11 is 5.82. The molecule has 0 atom stereocenters. The van der Waals surface area contributed by atoms with Crippen LogP contribution in [0.25, 0.3) is 5.70 Å². The summed E-state index contributed by atoms with van der Waals surface area (Å²) in [6.07, 6.45) is 0. The second-order valence-electron chi connectivity index (χ2n) is 2.71. The van der Waals surface area contributed by atoms with Crippen LogP contribution in [0.2, 0.25) is 5.02 Å². The van der Waals surface area contributed by atoms with E-state index < -0.39 is 0 Å². The van der Waals surface area contributed by atoms with E-state index in [2.05, 4.69) is 22.4 Å². The van der Waals surface area contributed by atoms with Crippen molar-refractivity contribution in [1.29, 1.82) is 0 Å². The normalized spacial score (nSPS) is 9.27. The van der Waals surface area contributed by atoms with Gasteiger partial charge in [-0.15, -0.1) is 0 Å². The molecular formula is C9H12ClN5. The van der Waals surface area contributed by atoms with Gasteiger partial charge in [0.25, 0.3) is 0 Å². The van der Waals surface area contributed by atoms with Crippen LogP contribution in [-0.2, 0) is 0 Å². The van der Waals surface area contributed by atoms with E-state index in [1.54, 1.807) is 12.1 Å². The Kier molecular flexibility index (Phi) is 4.11. The zero-order valence-corrected chi connectivity index (χ0v) is 8.75. The topological polar surface area (TPSA) is 88.5 Å².